The van der Waals surface area contributed by atoms with E-state index in [2.05, 4.69) is 5.32 Å². The standard InChI is InChI=1S/C20H33NO6S/c1-17-9-11-18(12-10-17)28(23,24)26-16-7-5-6-14-25-15-8-13-21-19(22)27-20(2,3)4/h9-12H,5-8,13-16H2,1-4H3,(H,21,22). The second kappa shape index (κ2) is 12.0. The molecule has 1 aromatic rings. The number of benzene rings is 1. The maximum Gasteiger partial charge on any atom is 0.407 e. The van der Waals surface area contributed by atoms with Crippen molar-refractivity contribution < 1.29 is 26.9 Å². The Balaban J connectivity index is 1.99. The summed E-state index contributed by atoms with van der Waals surface area (Å²) >= 11 is 0. The summed E-state index contributed by atoms with van der Waals surface area (Å²) in [5.41, 5.74) is 0.503. The number of amides is 1. The summed E-state index contributed by atoms with van der Waals surface area (Å²) < 4.78 is 39.7. The molecule has 7 nitrogen and oxygen atoms in total. The average molecular weight is 416 g/mol. The molecular formula is C20H33NO6S. The van der Waals surface area contributed by atoms with E-state index in [9.17, 15) is 13.2 Å². The van der Waals surface area contributed by atoms with Gasteiger partial charge in [0.05, 0.1) is 11.5 Å². The minimum atomic E-state index is -3.68. The van der Waals surface area contributed by atoms with Gasteiger partial charge in [0, 0.05) is 19.8 Å². The average Bonchev–Trinajstić information content (AvgIpc) is 2.58. The lowest BCUT2D eigenvalue weighted by Crippen LogP contribution is -2.33. The zero-order chi connectivity index (χ0) is 21.0. The van der Waals surface area contributed by atoms with Gasteiger partial charge in [-0.25, -0.2) is 4.79 Å². The van der Waals surface area contributed by atoms with Crippen LogP contribution in [0.4, 0.5) is 4.79 Å². The predicted molar refractivity (Wildman–Crippen MR) is 108 cm³/mol. The van der Waals surface area contributed by atoms with Crippen molar-refractivity contribution in [3.63, 3.8) is 0 Å². The molecule has 0 bridgehead atoms. The molecule has 0 radical (unpaired) electrons. The van der Waals surface area contributed by atoms with Crippen LogP contribution >= 0.6 is 0 Å². The van der Waals surface area contributed by atoms with Crippen LogP contribution in [-0.2, 0) is 23.8 Å². The molecule has 0 unspecified atom stereocenters. The highest BCUT2D eigenvalue weighted by Gasteiger charge is 2.15. The maximum absolute atomic E-state index is 12.0. The number of nitrogens with one attached hydrogen (secondary N) is 1. The van der Waals surface area contributed by atoms with Crippen molar-refractivity contribution in [3.05, 3.63) is 29.8 Å². The van der Waals surface area contributed by atoms with Gasteiger partial charge in [-0.05, 0) is 65.5 Å². The quantitative estimate of drug-likeness (QED) is 0.412. The normalized spacial score (nSPS) is 12.0. The first-order valence-corrected chi connectivity index (χ1v) is 11.0. The first kappa shape index (κ1) is 24.4. The molecule has 0 aromatic heterocycles. The van der Waals surface area contributed by atoms with Crippen molar-refractivity contribution in [2.45, 2.75) is 63.9 Å². The fourth-order valence-corrected chi connectivity index (χ4v) is 3.15. The van der Waals surface area contributed by atoms with Crippen LogP contribution in [0, 0.1) is 6.92 Å². The minimum absolute atomic E-state index is 0.163. The second-order valence-corrected chi connectivity index (χ2v) is 9.16. The minimum Gasteiger partial charge on any atom is -0.444 e. The van der Waals surface area contributed by atoms with Gasteiger partial charge >= 0.3 is 6.09 Å². The molecule has 1 aromatic carbocycles. The van der Waals surface area contributed by atoms with E-state index in [-0.39, 0.29) is 11.5 Å². The Hall–Kier alpha value is -1.64. The second-order valence-electron chi connectivity index (χ2n) is 7.54. The molecule has 28 heavy (non-hydrogen) atoms. The summed E-state index contributed by atoms with van der Waals surface area (Å²) in [7, 11) is -3.68. The summed E-state index contributed by atoms with van der Waals surface area (Å²) in [4.78, 5) is 11.6. The maximum atomic E-state index is 12.0. The molecule has 0 saturated heterocycles. The Morgan fingerprint density at radius 2 is 1.57 bits per heavy atom. The summed E-state index contributed by atoms with van der Waals surface area (Å²) in [6.07, 6.45) is 2.58. The molecule has 0 heterocycles. The summed E-state index contributed by atoms with van der Waals surface area (Å²) in [5.74, 6) is 0. The van der Waals surface area contributed by atoms with Crippen LogP contribution in [-0.4, -0.2) is 46.5 Å². The molecule has 8 heteroatoms. The first-order chi connectivity index (χ1) is 13.1. The van der Waals surface area contributed by atoms with Crippen LogP contribution < -0.4 is 5.32 Å². The molecule has 0 spiro atoms. The van der Waals surface area contributed by atoms with Gasteiger partial charge in [-0.15, -0.1) is 0 Å². The van der Waals surface area contributed by atoms with Crippen molar-refractivity contribution in [1.29, 1.82) is 0 Å². The third-order valence-electron chi connectivity index (χ3n) is 3.61. The summed E-state index contributed by atoms with van der Waals surface area (Å²) in [6, 6.07) is 6.60. The SMILES string of the molecule is Cc1ccc(S(=O)(=O)OCCCCCOCCCNC(=O)OC(C)(C)C)cc1. The monoisotopic (exact) mass is 415 g/mol. The molecule has 0 aliphatic carbocycles. The molecule has 160 valence electrons. The Labute approximate surface area is 168 Å². The smallest absolute Gasteiger partial charge is 0.407 e. The lowest BCUT2D eigenvalue weighted by molar-refractivity contribution is 0.0519. The van der Waals surface area contributed by atoms with Crippen LogP contribution in [0.25, 0.3) is 0 Å². The van der Waals surface area contributed by atoms with Crippen molar-refractivity contribution in [1.82, 2.24) is 5.32 Å². The zero-order valence-corrected chi connectivity index (χ0v) is 18.1. The number of rotatable bonds is 12. The number of aryl methyl sites for hydroxylation is 1. The van der Waals surface area contributed by atoms with Crippen LogP contribution in [0.3, 0.4) is 0 Å². The van der Waals surface area contributed by atoms with E-state index in [1.54, 1.807) is 24.3 Å². The summed E-state index contributed by atoms with van der Waals surface area (Å²) in [6.45, 7) is 9.16. The van der Waals surface area contributed by atoms with Crippen molar-refractivity contribution in [2.24, 2.45) is 0 Å². The zero-order valence-electron chi connectivity index (χ0n) is 17.3. The van der Waals surface area contributed by atoms with Crippen LogP contribution in [0.1, 0.15) is 52.0 Å². The van der Waals surface area contributed by atoms with Crippen LogP contribution in [0.5, 0.6) is 0 Å². The lowest BCUT2D eigenvalue weighted by atomic mass is 10.2. The van der Waals surface area contributed by atoms with E-state index in [4.69, 9.17) is 13.7 Å². The Bertz CT molecular complexity index is 680. The van der Waals surface area contributed by atoms with E-state index in [1.165, 1.54) is 0 Å². The third kappa shape index (κ3) is 11.3. The molecule has 0 aliphatic heterocycles. The number of hydrogen-bond acceptors (Lipinski definition) is 6. The molecule has 0 saturated carbocycles. The number of carbonyl (C=O) groups excluding carboxylic acids is 1. The van der Waals surface area contributed by atoms with E-state index in [0.29, 0.717) is 32.6 Å². The van der Waals surface area contributed by atoms with Gasteiger partial charge in [0.1, 0.15) is 5.60 Å². The Morgan fingerprint density at radius 3 is 2.21 bits per heavy atom. The molecule has 0 atom stereocenters. The highest BCUT2D eigenvalue weighted by molar-refractivity contribution is 7.86. The topological polar surface area (TPSA) is 90.9 Å². The number of hydrogen-bond donors (Lipinski definition) is 1. The number of carbonyl (C=O) groups is 1. The van der Waals surface area contributed by atoms with Crippen molar-refractivity contribution in [3.8, 4) is 0 Å². The van der Waals surface area contributed by atoms with Crippen molar-refractivity contribution in [2.75, 3.05) is 26.4 Å². The molecule has 0 fully saturated rings. The first-order valence-electron chi connectivity index (χ1n) is 9.61. The number of alkyl carbamates (subject to hydrolysis) is 1. The highest BCUT2D eigenvalue weighted by Crippen LogP contribution is 2.14. The van der Waals surface area contributed by atoms with Gasteiger partial charge < -0.3 is 14.8 Å². The Kier molecular flexibility index (Phi) is 10.5. The van der Waals surface area contributed by atoms with E-state index in [0.717, 1.165) is 18.4 Å². The molecule has 1 amide bonds. The van der Waals surface area contributed by atoms with Crippen LogP contribution in [0.2, 0.25) is 0 Å². The molecule has 1 N–H and O–H groups in total. The van der Waals surface area contributed by atoms with Crippen LogP contribution in [0.15, 0.2) is 29.2 Å². The largest absolute Gasteiger partial charge is 0.444 e. The highest BCUT2D eigenvalue weighted by atomic mass is 32.2. The predicted octanol–water partition coefficient (Wildman–Crippen LogP) is 3.80. The third-order valence-corrected chi connectivity index (χ3v) is 4.94. The summed E-state index contributed by atoms with van der Waals surface area (Å²) in [5, 5.41) is 2.67. The van der Waals surface area contributed by atoms with Crippen molar-refractivity contribution >= 4 is 16.2 Å². The fourth-order valence-electron chi connectivity index (χ4n) is 2.21. The van der Waals surface area contributed by atoms with Gasteiger partial charge in [-0.1, -0.05) is 17.7 Å². The Morgan fingerprint density at radius 1 is 0.964 bits per heavy atom. The molecular weight excluding hydrogens is 382 g/mol. The fraction of sp³-hybridized carbons (Fsp3) is 0.650. The van der Waals surface area contributed by atoms with Gasteiger partial charge in [-0.2, -0.15) is 8.42 Å². The molecule has 0 aliphatic rings. The van der Waals surface area contributed by atoms with Gasteiger partial charge in [0.2, 0.25) is 0 Å². The van der Waals surface area contributed by atoms with Gasteiger partial charge in [-0.3, -0.25) is 4.18 Å². The van der Waals surface area contributed by atoms with Gasteiger partial charge in [0.15, 0.2) is 0 Å². The lowest BCUT2D eigenvalue weighted by Gasteiger charge is -2.19. The van der Waals surface area contributed by atoms with E-state index < -0.39 is 21.8 Å². The van der Waals surface area contributed by atoms with E-state index >= 15 is 0 Å². The number of ether oxygens (including phenoxy) is 2. The molecule has 1 rings (SSSR count). The van der Waals surface area contributed by atoms with Gasteiger partial charge in [0.25, 0.3) is 10.1 Å². The van der Waals surface area contributed by atoms with E-state index in [1.807, 2.05) is 27.7 Å². The number of unbranched alkanes of at least 4 members (excludes halogenated alkanes) is 2.